The van der Waals surface area contributed by atoms with E-state index in [0.29, 0.717) is 23.7 Å². The van der Waals surface area contributed by atoms with Gasteiger partial charge in [0.05, 0.1) is 37.0 Å². The zero-order valence-electron chi connectivity index (χ0n) is 11.0. The van der Waals surface area contributed by atoms with Crippen molar-refractivity contribution in [2.45, 2.75) is 20.1 Å². The molecule has 0 N–H and O–H groups in total. The second kappa shape index (κ2) is 5.91. The van der Waals surface area contributed by atoms with Crippen molar-refractivity contribution in [2.75, 3.05) is 7.11 Å². The van der Waals surface area contributed by atoms with Crippen LogP contribution in [0.1, 0.15) is 18.2 Å². The number of hydrogen-bond acceptors (Lipinski definition) is 4. The molecular formula is C14H15N3O2. The maximum atomic E-state index is 8.94. The molecule has 1 heterocycles. The summed E-state index contributed by atoms with van der Waals surface area (Å²) >= 11 is 0. The van der Waals surface area contributed by atoms with Gasteiger partial charge < -0.3 is 14.0 Å². The molecule has 0 spiro atoms. The lowest BCUT2D eigenvalue weighted by Crippen LogP contribution is -2.03. The summed E-state index contributed by atoms with van der Waals surface area (Å²) in [6.45, 7) is 3.30. The molecule has 0 fully saturated rings. The monoisotopic (exact) mass is 257 g/mol. The number of aromatic nitrogens is 2. The molecule has 0 atom stereocenters. The molecule has 1 aromatic heterocycles. The summed E-state index contributed by atoms with van der Waals surface area (Å²) in [5, 5.41) is 8.94. The van der Waals surface area contributed by atoms with E-state index in [1.165, 1.54) is 0 Å². The fraction of sp³-hybridized carbons (Fsp3) is 0.286. The van der Waals surface area contributed by atoms with Gasteiger partial charge in [-0.25, -0.2) is 4.98 Å². The van der Waals surface area contributed by atoms with Crippen molar-refractivity contribution in [1.29, 1.82) is 5.26 Å². The van der Waals surface area contributed by atoms with Crippen LogP contribution in [0.3, 0.4) is 0 Å². The third kappa shape index (κ3) is 3.05. The third-order valence-corrected chi connectivity index (χ3v) is 2.77. The van der Waals surface area contributed by atoms with Crippen molar-refractivity contribution >= 4 is 0 Å². The molecular weight excluding hydrogens is 242 g/mol. The van der Waals surface area contributed by atoms with Gasteiger partial charge in [0.25, 0.3) is 0 Å². The van der Waals surface area contributed by atoms with Gasteiger partial charge in [-0.3, -0.25) is 0 Å². The maximum absolute atomic E-state index is 8.94. The smallest absolute Gasteiger partial charge is 0.130 e. The quantitative estimate of drug-likeness (QED) is 0.825. The van der Waals surface area contributed by atoms with Crippen molar-refractivity contribution in [3.63, 3.8) is 0 Å². The molecule has 2 rings (SSSR count). The molecule has 0 aliphatic carbocycles. The first kappa shape index (κ1) is 13.0. The number of benzene rings is 1. The van der Waals surface area contributed by atoms with E-state index < -0.39 is 0 Å². The van der Waals surface area contributed by atoms with Gasteiger partial charge in [0.2, 0.25) is 0 Å². The molecule has 0 aliphatic heterocycles. The van der Waals surface area contributed by atoms with E-state index in [4.69, 9.17) is 14.7 Å². The topological polar surface area (TPSA) is 60.1 Å². The second-order valence-electron chi connectivity index (χ2n) is 3.97. The van der Waals surface area contributed by atoms with Gasteiger partial charge in [-0.2, -0.15) is 5.26 Å². The van der Waals surface area contributed by atoms with Gasteiger partial charge in [-0.1, -0.05) is 0 Å². The Morgan fingerprint density at radius 1 is 1.32 bits per heavy atom. The van der Waals surface area contributed by atoms with E-state index >= 15 is 0 Å². The van der Waals surface area contributed by atoms with Crippen LogP contribution in [0.4, 0.5) is 0 Å². The zero-order chi connectivity index (χ0) is 13.7. The minimum absolute atomic E-state index is 0.409. The Balaban J connectivity index is 2.13. The summed E-state index contributed by atoms with van der Waals surface area (Å²) in [5.41, 5.74) is 1.50. The van der Waals surface area contributed by atoms with Crippen molar-refractivity contribution in [1.82, 2.24) is 9.55 Å². The molecule has 0 aliphatic rings. The Labute approximate surface area is 112 Å². The summed E-state index contributed by atoms with van der Waals surface area (Å²) in [4.78, 5) is 4.08. The van der Waals surface area contributed by atoms with E-state index in [0.717, 1.165) is 12.2 Å². The summed E-state index contributed by atoms with van der Waals surface area (Å²) in [7, 11) is 1.56. The van der Waals surface area contributed by atoms with Crippen LogP contribution in [0.5, 0.6) is 11.5 Å². The molecule has 2 aromatic rings. The maximum Gasteiger partial charge on any atom is 0.130 e. The minimum atomic E-state index is 0.409. The Morgan fingerprint density at radius 3 is 2.79 bits per heavy atom. The van der Waals surface area contributed by atoms with Crippen LogP contribution in [0.2, 0.25) is 0 Å². The van der Waals surface area contributed by atoms with E-state index in [1.54, 1.807) is 37.8 Å². The molecule has 1 aromatic carbocycles. The highest BCUT2D eigenvalue weighted by molar-refractivity contribution is 5.43. The number of nitriles is 1. The Hall–Kier alpha value is -2.48. The van der Waals surface area contributed by atoms with E-state index in [2.05, 4.69) is 11.1 Å². The fourth-order valence-electron chi connectivity index (χ4n) is 1.75. The number of imidazole rings is 1. The highest BCUT2D eigenvalue weighted by Gasteiger charge is 2.05. The molecule has 5 nitrogen and oxygen atoms in total. The van der Waals surface area contributed by atoms with Crippen LogP contribution in [0.15, 0.2) is 30.7 Å². The predicted molar refractivity (Wildman–Crippen MR) is 69.9 cm³/mol. The van der Waals surface area contributed by atoms with Crippen LogP contribution in [-0.2, 0) is 13.2 Å². The number of nitrogens with zero attached hydrogens (tertiary/aromatic N) is 3. The molecule has 5 heteroatoms. The summed E-state index contributed by atoms with van der Waals surface area (Å²) < 4.78 is 12.8. The highest BCUT2D eigenvalue weighted by Crippen LogP contribution is 2.23. The van der Waals surface area contributed by atoms with Gasteiger partial charge >= 0.3 is 0 Å². The zero-order valence-corrected chi connectivity index (χ0v) is 11.0. The normalized spacial score (nSPS) is 9.95. The lowest BCUT2D eigenvalue weighted by molar-refractivity contribution is 0.293. The molecule has 0 bridgehead atoms. The molecule has 0 saturated carbocycles. The first-order chi connectivity index (χ1) is 9.26. The third-order valence-electron chi connectivity index (χ3n) is 2.77. The summed E-state index contributed by atoms with van der Waals surface area (Å²) in [5.74, 6) is 1.22. The molecule has 0 unspecified atom stereocenters. The summed E-state index contributed by atoms with van der Waals surface area (Å²) in [6, 6.07) is 7.20. The molecule has 19 heavy (non-hydrogen) atoms. The van der Waals surface area contributed by atoms with Crippen LogP contribution >= 0.6 is 0 Å². The number of aryl methyl sites for hydroxylation is 1. The number of hydrogen-bond donors (Lipinski definition) is 0. The Kier molecular flexibility index (Phi) is 4.04. The van der Waals surface area contributed by atoms with E-state index in [1.807, 2.05) is 11.5 Å². The Morgan fingerprint density at radius 2 is 2.11 bits per heavy atom. The number of methoxy groups -OCH3 is 1. The molecule has 98 valence electrons. The van der Waals surface area contributed by atoms with Gasteiger partial charge in [-0.15, -0.1) is 0 Å². The average molecular weight is 257 g/mol. The van der Waals surface area contributed by atoms with Crippen LogP contribution < -0.4 is 9.47 Å². The first-order valence-corrected chi connectivity index (χ1v) is 5.97. The standard InChI is InChI=1S/C14H15N3O2/c1-3-17-10-16-8-12(17)9-19-14-5-11(7-15)4-13(6-14)18-2/h4-6,8,10H,3,9H2,1-2H3. The lowest BCUT2D eigenvalue weighted by atomic mass is 10.2. The van der Waals surface area contributed by atoms with Crippen molar-refractivity contribution in [2.24, 2.45) is 0 Å². The second-order valence-corrected chi connectivity index (χ2v) is 3.97. The fourth-order valence-corrected chi connectivity index (χ4v) is 1.75. The average Bonchev–Trinajstić information content (AvgIpc) is 2.92. The number of rotatable bonds is 5. The van der Waals surface area contributed by atoms with Crippen LogP contribution in [0.25, 0.3) is 0 Å². The molecule has 0 amide bonds. The minimum Gasteiger partial charge on any atom is -0.497 e. The molecule has 0 radical (unpaired) electrons. The molecule has 0 saturated heterocycles. The van der Waals surface area contributed by atoms with Crippen molar-refractivity contribution in [3.8, 4) is 17.6 Å². The van der Waals surface area contributed by atoms with Gasteiger partial charge in [0.15, 0.2) is 0 Å². The largest absolute Gasteiger partial charge is 0.497 e. The van der Waals surface area contributed by atoms with Crippen LogP contribution in [-0.4, -0.2) is 16.7 Å². The van der Waals surface area contributed by atoms with Crippen molar-refractivity contribution in [3.05, 3.63) is 42.0 Å². The van der Waals surface area contributed by atoms with Crippen molar-refractivity contribution < 1.29 is 9.47 Å². The van der Waals surface area contributed by atoms with Gasteiger partial charge in [-0.05, 0) is 19.1 Å². The Bertz CT molecular complexity index is 599. The predicted octanol–water partition coefficient (Wildman–Crippen LogP) is 2.36. The van der Waals surface area contributed by atoms with Gasteiger partial charge in [0, 0.05) is 12.6 Å². The van der Waals surface area contributed by atoms with Gasteiger partial charge in [0.1, 0.15) is 18.1 Å². The van der Waals surface area contributed by atoms with Crippen LogP contribution in [0, 0.1) is 11.3 Å². The highest BCUT2D eigenvalue weighted by atomic mass is 16.5. The van der Waals surface area contributed by atoms with E-state index in [9.17, 15) is 0 Å². The first-order valence-electron chi connectivity index (χ1n) is 5.97. The summed E-state index contributed by atoms with van der Waals surface area (Å²) in [6.07, 6.45) is 3.54. The number of ether oxygens (including phenoxy) is 2. The van der Waals surface area contributed by atoms with E-state index in [-0.39, 0.29) is 0 Å². The SMILES string of the molecule is CCn1cncc1COc1cc(C#N)cc(OC)c1. The lowest BCUT2D eigenvalue weighted by Gasteiger charge is -2.09.